The first kappa shape index (κ1) is 20.5. The maximum atomic E-state index is 12.3. The van der Waals surface area contributed by atoms with Crippen molar-refractivity contribution >= 4 is 28.7 Å². The lowest BCUT2D eigenvalue weighted by Crippen LogP contribution is -2.20. The number of rotatable bonds is 7. The van der Waals surface area contributed by atoms with Crippen LogP contribution >= 0.6 is 11.3 Å². The predicted octanol–water partition coefficient (Wildman–Crippen LogP) is 4.57. The minimum atomic E-state index is -0.329. The van der Waals surface area contributed by atoms with Crippen molar-refractivity contribution in [3.8, 4) is 22.8 Å². The van der Waals surface area contributed by atoms with Crippen LogP contribution in [0.3, 0.4) is 0 Å². The summed E-state index contributed by atoms with van der Waals surface area (Å²) in [6, 6.07) is 9.00. The summed E-state index contributed by atoms with van der Waals surface area (Å²) in [6.45, 7) is 5.99. The summed E-state index contributed by atoms with van der Waals surface area (Å²) in [5.74, 6) is 0.452. The van der Waals surface area contributed by atoms with E-state index in [4.69, 9.17) is 9.47 Å². The number of aromatic nitrogens is 1. The fraction of sp³-hybridized carbons (Fsp3) is 0.227. The minimum Gasteiger partial charge on any atom is -0.493 e. The van der Waals surface area contributed by atoms with E-state index in [0.29, 0.717) is 22.2 Å². The molecule has 1 N–H and O–H groups in total. The third-order valence-electron chi connectivity index (χ3n) is 4.37. The van der Waals surface area contributed by atoms with Crippen molar-refractivity contribution in [3.63, 3.8) is 0 Å². The number of benzene rings is 2. The van der Waals surface area contributed by atoms with Gasteiger partial charge in [-0.05, 0) is 50.1 Å². The lowest BCUT2D eigenvalue weighted by Gasteiger charge is -2.10. The van der Waals surface area contributed by atoms with Crippen molar-refractivity contribution in [2.24, 2.45) is 0 Å². The van der Waals surface area contributed by atoms with Crippen LogP contribution in [0.1, 0.15) is 27.0 Å². The Kier molecular flexibility index (Phi) is 6.29. The molecule has 3 aromatic rings. The van der Waals surface area contributed by atoms with Crippen LogP contribution in [-0.4, -0.2) is 30.9 Å². The highest BCUT2D eigenvalue weighted by atomic mass is 32.1. The number of aryl methyl sites for hydroxylation is 3. The minimum absolute atomic E-state index is 0.200. The summed E-state index contributed by atoms with van der Waals surface area (Å²) in [7, 11) is 1.48. The molecule has 6 nitrogen and oxygen atoms in total. The molecule has 1 amide bonds. The molecule has 150 valence electrons. The maximum absolute atomic E-state index is 12.3. The fourth-order valence-corrected chi connectivity index (χ4v) is 3.92. The van der Waals surface area contributed by atoms with Crippen LogP contribution in [0.5, 0.6) is 11.5 Å². The molecule has 0 unspecified atom stereocenters. The molecule has 0 radical (unpaired) electrons. The smallest absolute Gasteiger partial charge is 0.264 e. The van der Waals surface area contributed by atoms with Gasteiger partial charge in [-0.2, -0.15) is 0 Å². The van der Waals surface area contributed by atoms with Crippen molar-refractivity contribution in [2.75, 3.05) is 19.0 Å². The van der Waals surface area contributed by atoms with E-state index < -0.39 is 0 Å². The normalized spacial score (nSPS) is 10.5. The van der Waals surface area contributed by atoms with Gasteiger partial charge in [0.2, 0.25) is 0 Å². The molecule has 2 aromatic carbocycles. The molecule has 29 heavy (non-hydrogen) atoms. The number of nitrogens with zero attached hydrogens (tertiary/aromatic N) is 1. The number of hydrogen-bond donors (Lipinski definition) is 1. The molecule has 0 bridgehead atoms. The van der Waals surface area contributed by atoms with Gasteiger partial charge >= 0.3 is 0 Å². The number of ether oxygens (including phenoxy) is 2. The van der Waals surface area contributed by atoms with Crippen molar-refractivity contribution < 1.29 is 19.1 Å². The Bertz CT molecular complexity index is 1040. The molecule has 0 fully saturated rings. The van der Waals surface area contributed by atoms with Gasteiger partial charge in [0, 0.05) is 16.5 Å². The van der Waals surface area contributed by atoms with Gasteiger partial charge < -0.3 is 9.47 Å². The quantitative estimate of drug-likeness (QED) is 0.577. The summed E-state index contributed by atoms with van der Waals surface area (Å²) in [5, 5.41) is 5.20. The van der Waals surface area contributed by atoms with Crippen LogP contribution in [0.15, 0.2) is 35.7 Å². The van der Waals surface area contributed by atoms with Gasteiger partial charge in [-0.1, -0.05) is 17.7 Å². The summed E-state index contributed by atoms with van der Waals surface area (Å²) < 4.78 is 10.7. The van der Waals surface area contributed by atoms with Gasteiger partial charge in [-0.3, -0.25) is 14.9 Å². The van der Waals surface area contributed by atoms with Crippen molar-refractivity contribution in [1.82, 2.24) is 4.98 Å². The molecular formula is C22H22N2O4S. The first-order chi connectivity index (χ1) is 13.9. The molecule has 1 aromatic heterocycles. The number of thiazole rings is 1. The van der Waals surface area contributed by atoms with Gasteiger partial charge in [0.1, 0.15) is 6.29 Å². The number of methoxy groups -OCH3 is 1. The average molecular weight is 410 g/mol. The van der Waals surface area contributed by atoms with Gasteiger partial charge in [0.25, 0.3) is 5.91 Å². The van der Waals surface area contributed by atoms with E-state index in [1.165, 1.54) is 24.0 Å². The number of nitrogens with one attached hydrogen (secondary N) is 1. The second-order valence-electron chi connectivity index (χ2n) is 6.68. The molecule has 0 saturated carbocycles. The van der Waals surface area contributed by atoms with E-state index in [1.807, 2.05) is 5.38 Å². The Morgan fingerprint density at radius 1 is 1.14 bits per heavy atom. The molecule has 0 aliphatic carbocycles. The van der Waals surface area contributed by atoms with Crippen LogP contribution in [0.4, 0.5) is 5.13 Å². The number of carbonyl (C=O) groups excluding carboxylic acids is 2. The van der Waals surface area contributed by atoms with E-state index in [1.54, 1.807) is 18.2 Å². The van der Waals surface area contributed by atoms with Crippen LogP contribution in [0.25, 0.3) is 11.3 Å². The van der Waals surface area contributed by atoms with Gasteiger partial charge in [0.05, 0.1) is 12.8 Å². The zero-order valence-corrected chi connectivity index (χ0v) is 17.6. The maximum Gasteiger partial charge on any atom is 0.264 e. The molecule has 0 aliphatic rings. The Morgan fingerprint density at radius 3 is 2.52 bits per heavy atom. The summed E-state index contributed by atoms with van der Waals surface area (Å²) in [6.07, 6.45) is 0.719. The Balaban J connectivity index is 1.66. The topological polar surface area (TPSA) is 77.5 Å². The molecule has 3 rings (SSSR count). The molecule has 0 saturated heterocycles. The Labute approximate surface area is 173 Å². The summed E-state index contributed by atoms with van der Waals surface area (Å²) in [5.41, 5.74) is 5.91. The summed E-state index contributed by atoms with van der Waals surface area (Å²) >= 11 is 1.37. The van der Waals surface area contributed by atoms with Crippen LogP contribution in [-0.2, 0) is 4.79 Å². The first-order valence-corrected chi connectivity index (χ1v) is 9.89. The number of amides is 1. The van der Waals surface area contributed by atoms with Crippen LogP contribution < -0.4 is 14.8 Å². The lowest BCUT2D eigenvalue weighted by molar-refractivity contribution is -0.118. The monoisotopic (exact) mass is 410 g/mol. The Hall–Kier alpha value is -3.19. The van der Waals surface area contributed by atoms with Crippen LogP contribution in [0, 0.1) is 20.8 Å². The largest absolute Gasteiger partial charge is 0.493 e. The van der Waals surface area contributed by atoms with E-state index in [2.05, 4.69) is 43.2 Å². The third kappa shape index (κ3) is 4.81. The first-order valence-electron chi connectivity index (χ1n) is 9.01. The van der Waals surface area contributed by atoms with Crippen molar-refractivity contribution in [1.29, 1.82) is 0 Å². The predicted molar refractivity (Wildman–Crippen MR) is 114 cm³/mol. The molecule has 0 atom stereocenters. The van der Waals surface area contributed by atoms with E-state index >= 15 is 0 Å². The fourth-order valence-electron chi connectivity index (χ4n) is 3.21. The van der Waals surface area contributed by atoms with E-state index in [0.717, 1.165) is 28.7 Å². The Morgan fingerprint density at radius 2 is 1.86 bits per heavy atom. The highest BCUT2D eigenvalue weighted by molar-refractivity contribution is 7.14. The molecule has 0 spiro atoms. The van der Waals surface area contributed by atoms with Gasteiger partial charge in [0.15, 0.2) is 23.2 Å². The van der Waals surface area contributed by atoms with Gasteiger partial charge in [-0.25, -0.2) is 4.98 Å². The zero-order valence-electron chi connectivity index (χ0n) is 16.7. The number of aldehydes is 1. The van der Waals surface area contributed by atoms with E-state index in [-0.39, 0.29) is 12.5 Å². The molecular weight excluding hydrogens is 388 g/mol. The third-order valence-corrected chi connectivity index (χ3v) is 5.12. The van der Waals surface area contributed by atoms with Crippen molar-refractivity contribution in [2.45, 2.75) is 20.8 Å². The highest BCUT2D eigenvalue weighted by Gasteiger charge is 2.13. The molecule has 1 heterocycles. The average Bonchev–Trinajstić information content (AvgIpc) is 3.13. The highest BCUT2D eigenvalue weighted by Crippen LogP contribution is 2.31. The van der Waals surface area contributed by atoms with Crippen LogP contribution in [0.2, 0.25) is 0 Å². The zero-order chi connectivity index (χ0) is 21.0. The number of anilines is 1. The molecule has 7 heteroatoms. The second kappa shape index (κ2) is 8.87. The second-order valence-corrected chi connectivity index (χ2v) is 7.53. The summed E-state index contributed by atoms with van der Waals surface area (Å²) in [4.78, 5) is 27.7. The van der Waals surface area contributed by atoms with Crippen molar-refractivity contribution in [3.05, 3.63) is 58.0 Å². The lowest BCUT2D eigenvalue weighted by atomic mass is 9.98. The number of hydrogen-bond acceptors (Lipinski definition) is 6. The standard InChI is InChI=1S/C22H22N2O4S/c1-13-7-14(2)21(15(3)8-13)17-12-29-22(23-17)24-20(26)11-28-18-6-5-16(10-25)9-19(18)27-4/h5-10,12H,11H2,1-4H3,(H,23,24,26). The van der Waals surface area contributed by atoms with E-state index in [9.17, 15) is 9.59 Å². The molecule has 0 aliphatic heterocycles. The number of carbonyl (C=O) groups is 2. The SMILES string of the molecule is COc1cc(C=O)ccc1OCC(=O)Nc1nc(-c2c(C)cc(C)cc2C)cs1. The van der Waals surface area contributed by atoms with Gasteiger partial charge in [-0.15, -0.1) is 11.3 Å².